The van der Waals surface area contributed by atoms with Crippen molar-refractivity contribution in [3.63, 3.8) is 0 Å². The largest absolute Gasteiger partial charge is 0.417 e. The summed E-state index contributed by atoms with van der Waals surface area (Å²) in [6.45, 7) is 0. The zero-order valence-corrected chi connectivity index (χ0v) is 6.34. The maximum atomic E-state index is 12.0. The predicted molar refractivity (Wildman–Crippen MR) is 37.3 cm³/mol. The van der Waals surface area contributed by atoms with Gasteiger partial charge in [-0.15, -0.1) is 0 Å². The Kier molecular flexibility index (Phi) is 2.28. The van der Waals surface area contributed by atoms with E-state index in [1.807, 2.05) is 0 Å². The zero-order valence-electron chi connectivity index (χ0n) is 5.58. The first-order valence-electron chi connectivity index (χ1n) is 3.15. The highest BCUT2D eigenvalue weighted by atomic mass is 35.5. The van der Waals surface area contributed by atoms with Crippen molar-refractivity contribution in [2.24, 2.45) is 0 Å². The van der Waals surface area contributed by atoms with Gasteiger partial charge in [0.05, 0.1) is 5.57 Å². The summed E-state index contributed by atoms with van der Waals surface area (Å²) in [6.07, 6.45) is -0.760. The lowest BCUT2D eigenvalue weighted by Gasteiger charge is -2.13. The Hall–Kier alpha value is -0.440. The second-order valence-electron chi connectivity index (χ2n) is 2.24. The molecule has 1 aliphatic rings. The van der Waals surface area contributed by atoms with E-state index in [4.69, 9.17) is 11.6 Å². The smallest absolute Gasteiger partial charge is 0.166 e. The molecular weight excluding hydrogens is 177 g/mol. The first kappa shape index (κ1) is 8.65. The minimum Gasteiger partial charge on any atom is -0.166 e. The summed E-state index contributed by atoms with van der Waals surface area (Å²) >= 11 is 5.34. The molecule has 11 heavy (non-hydrogen) atoms. The van der Waals surface area contributed by atoms with Gasteiger partial charge >= 0.3 is 6.18 Å². The molecule has 0 bridgehead atoms. The molecule has 0 saturated heterocycles. The van der Waals surface area contributed by atoms with Crippen molar-refractivity contribution >= 4 is 11.6 Å². The fourth-order valence-corrected chi connectivity index (χ4v) is 1.19. The molecule has 0 heterocycles. The van der Waals surface area contributed by atoms with E-state index < -0.39 is 11.7 Å². The molecule has 0 radical (unpaired) electrons. The average Bonchev–Trinajstić information content (AvgIpc) is 1.86. The molecule has 0 unspecified atom stereocenters. The first-order chi connectivity index (χ1) is 5.02. The summed E-state index contributed by atoms with van der Waals surface area (Å²) in [5, 5.41) is -0.177. The Morgan fingerprint density at radius 3 is 2.09 bits per heavy atom. The SMILES string of the molecule is FC(F)(F)C1=CCCC=C1Cl. The van der Waals surface area contributed by atoms with Gasteiger partial charge in [0.15, 0.2) is 0 Å². The molecule has 0 N–H and O–H groups in total. The Balaban J connectivity index is 2.87. The predicted octanol–water partition coefficient (Wildman–Crippen LogP) is 3.39. The van der Waals surface area contributed by atoms with Crippen LogP contribution < -0.4 is 0 Å². The lowest BCUT2D eigenvalue weighted by molar-refractivity contribution is -0.0890. The fourth-order valence-electron chi connectivity index (χ4n) is 0.896. The van der Waals surface area contributed by atoms with Crippen LogP contribution in [0.1, 0.15) is 12.8 Å². The number of hydrogen-bond donors (Lipinski definition) is 0. The van der Waals surface area contributed by atoms with Crippen molar-refractivity contribution in [2.75, 3.05) is 0 Å². The zero-order chi connectivity index (χ0) is 8.48. The summed E-state index contributed by atoms with van der Waals surface area (Å²) in [7, 11) is 0. The molecule has 0 atom stereocenters. The number of alkyl halides is 3. The van der Waals surface area contributed by atoms with E-state index in [1.165, 1.54) is 6.08 Å². The van der Waals surface area contributed by atoms with E-state index in [0.29, 0.717) is 12.8 Å². The molecule has 4 heteroatoms. The second-order valence-corrected chi connectivity index (χ2v) is 2.65. The molecule has 0 saturated carbocycles. The Morgan fingerprint density at radius 1 is 1.18 bits per heavy atom. The number of hydrogen-bond acceptors (Lipinski definition) is 0. The van der Waals surface area contributed by atoms with Gasteiger partial charge in [0.1, 0.15) is 0 Å². The van der Waals surface area contributed by atoms with Crippen LogP contribution in [0.5, 0.6) is 0 Å². The highest BCUT2D eigenvalue weighted by Gasteiger charge is 2.35. The third-order valence-electron chi connectivity index (χ3n) is 1.40. The van der Waals surface area contributed by atoms with Crippen molar-refractivity contribution in [1.82, 2.24) is 0 Å². The third-order valence-corrected chi connectivity index (χ3v) is 1.76. The molecule has 0 spiro atoms. The second kappa shape index (κ2) is 2.89. The number of rotatable bonds is 0. The molecule has 0 aliphatic heterocycles. The molecule has 0 aromatic rings. The summed E-state index contributed by atoms with van der Waals surface area (Å²) in [6, 6.07) is 0. The number of halogens is 4. The van der Waals surface area contributed by atoms with Gasteiger partial charge in [-0.2, -0.15) is 13.2 Å². The van der Waals surface area contributed by atoms with Crippen LogP contribution in [0, 0.1) is 0 Å². The van der Waals surface area contributed by atoms with E-state index in [2.05, 4.69) is 0 Å². The fraction of sp³-hybridized carbons (Fsp3) is 0.429. The molecule has 0 fully saturated rings. The highest BCUT2D eigenvalue weighted by molar-refractivity contribution is 6.32. The lowest BCUT2D eigenvalue weighted by Crippen LogP contribution is -2.13. The minimum atomic E-state index is -4.30. The normalized spacial score (nSPS) is 19.3. The van der Waals surface area contributed by atoms with Crippen LogP contribution in [0.25, 0.3) is 0 Å². The quantitative estimate of drug-likeness (QED) is 0.539. The van der Waals surface area contributed by atoms with E-state index in [9.17, 15) is 13.2 Å². The highest BCUT2D eigenvalue weighted by Crippen LogP contribution is 2.35. The first-order valence-corrected chi connectivity index (χ1v) is 3.53. The van der Waals surface area contributed by atoms with Gasteiger partial charge in [-0.3, -0.25) is 0 Å². The van der Waals surface area contributed by atoms with Gasteiger partial charge in [-0.05, 0) is 12.8 Å². The molecule has 0 aromatic carbocycles. The number of allylic oxidation sites excluding steroid dienone is 4. The van der Waals surface area contributed by atoms with Crippen LogP contribution >= 0.6 is 11.6 Å². The van der Waals surface area contributed by atoms with Crippen LogP contribution in [0.2, 0.25) is 0 Å². The molecule has 1 aliphatic carbocycles. The van der Waals surface area contributed by atoms with Crippen LogP contribution in [0.3, 0.4) is 0 Å². The van der Waals surface area contributed by atoms with Crippen LogP contribution in [0.15, 0.2) is 22.8 Å². The minimum absolute atomic E-state index is 0.177. The van der Waals surface area contributed by atoms with E-state index in [-0.39, 0.29) is 5.03 Å². The Labute approximate surface area is 67.3 Å². The standard InChI is InChI=1S/C7H6ClF3/c8-6-4-2-1-3-5(6)7(9,10)11/h3-4H,1-2H2. The molecule has 0 nitrogen and oxygen atoms in total. The van der Waals surface area contributed by atoms with Gasteiger partial charge in [0.2, 0.25) is 0 Å². The van der Waals surface area contributed by atoms with E-state index in [0.717, 1.165) is 6.08 Å². The topological polar surface area (TPSA) is 0 Å². The van der Waals surface area contributed by atoms with Crippen molar-refractivity contribution in [3.05, 3.63) is 22.8 Å². The van der Waals surface area contributed by atoms with Gasteiger partial charge in [0.25, 0.3) is 0 Å². The summed E-state index contributed by atoms with van der Waals surface area (Å²) in [5.74, 6) is 0. The van der Waals surface area contributed by atoms with Gasteiger partial charge in [-0.25, -0.2) is 0 Å². The van der Waals surface area contributed by atoms with Gasteiger partial charge < -0.3 is 0 Å². The average molecular weight is 183 g/mol. The maximum Gasteiger partial charge on any atom is 0.417 e. The summed E-state index contributed by atoms with van der Waals surface area (Å²) in [4.78, 5) is 0. The van der Waals surface area contributed by atoms with Crippen molar-refractivity contribution in [1.29, 1.82) is 0 Å². The van der Waals surface area contributed by atoms with Gasteiger partial charge in [-0.1, -0.05) is 23.8 Å². The molecular formula is C7H6ClF3. The Bertz CT molecular complexity index is 212. The molecule has 0 amide bonds. The maximum absolute atomic E-state index is 12.0. The van der Waals surface area contributed by atoms with Crippen molar-refractivity contribution in [3.8, 4) is 0 Å². The lowest BCUT2D eigenvalue weighted by atomic mass is 10.1. The summed E-state index contributed by atoms with van der Waals surface area (Å²) < 4.78 is 36.0. The van der Waals surface area contributed by atoms with Crippen molar-refractivity contribution < 1.29 is 13.2 Å². The van der Waals surface area contributed by atoms with E-state index >= 15 is 0 Å². The van der Waals surface area contributed by atoms with Crippen LogP contribution in [-0.4, -0.2) is 6.18 Å². The third kappa shape index (κ3) is 1.99. The summed E-state index contributed by atoms with van der Waals surface area (Å²) in [5.41, 5.74) is -0.703. The van der Waals surface area contributed by atoms with Crippen LogP contribution in [-0.2, 0) is 0 Å². The monoisotopic (exact) mass is 182 g/mol. The molecule has 0 aromatic heterocycles. The van der Waals surface area contributed by atoms with Gasteiger partial charge in [0, 0.05) is 5.03 Å². The Morgan fingerprint density at radius 2 is 1.73 bits per heavy atom. The van der Waals surface area contributed by atoms with E-state index in [1.54, 1.807) is 0 Å². The van der Waals surface area contributed by atoms with Crippen molar-refractivity contribution in [2.45, 2.75) is 19.0 Å². The van der Waals surface area contributed by atoms with Crippen LogP contribution in [0.4, 0.5) is 13.2 Å². The molecule has 1 rings (SSSR count). The molecule has 62 valence electrons.